The molecule has 0 bridgehead atoms. The molecule has 1 rings (SSSR count). The number of aromatic nitrogens is 2. The number of nitrogens with zero attached hydrogens (tertiary/aromatic N) is 3. The highest BCUT2D eigenvalue weighted by atomic mass is 15.3. The summed E-state index contributed by atoms with van der Waals surface area (Å²) in [4.78, 5) is 2.20. The van der Waals surface area contributed by atoms with Crippen LogP contribution in [0.3, 0.4) is 0 Å². The highest BCUT2D eigenvalue weighted by molar-refractivity contribution is 5.65. The van der Waals surface area contributed by atoms with Crippen LogP contribution in [-0.4, -0.2) is 41.4 Å². The van der Waals surface area contributed by atoms with E-state index in [1.807, 2.05) is 11.6 Å². The summed E-state index contributed by atoms with van der Waals surface area (Å²) in [6.07, 6.45) is 1.12. The summed E-state index contributed by atoms with van der Waals surface area (Å²) in [7, 11) is 4.20. The second kappa shape index (κ2) is 6.80. The molecule has 0 saturated heterocycles. The van der Waals surface area contributed by atoms with Crippen molar-refractivity contribution in [1.29, 1.82) is 0 Å². The molecule has 0 aromatic carbocycles. The van der Waals surface area contributed by atoms with Gasteiger partial charge in [0.15, 0.2) is 0 Å². The van der Waals surface area contributed by atoms with Gasteiger partial charge in [-0.25, -0.2) is 4.68 Å². The largest absolute Gasteiger partial charge is 0.394 e. The van der Waals surface area contributed by atoms with E-state index in [1.165, 1.54) is 0 Å². The van der Waals surface area contributed by atoms with E-state index < -0.39 is 0 Å². The van der Waals surface area contributed by atoms with Crippen LogP contribution in [0.2, 0.25) is 0 Å². The number of likely N-dealkylation sites (N-methyl/N-ethyl adjacent to an activating group) is 1. The monoisotopic (exact) mass is 267 g/mol. The molecule has 19 heavy (non-hydrogen) atoms. The Morgan fingerprint density at radius 2 is 2.00 bits per heavy atom. The molecule has 1 atom stereocenters. The fourth-order valence-electron chi connectivity index (χ4n) is 2.36. The minimum Gasteiger partial charge on any atom is -0.394 e. The summed E-state index contributed by atoms with van der Waals surface area (Å²) < 4.78 is 1.95. The lowest BCUT2D eigenvalue weighted by Gasteiger charge is -2.25. The van der Waals surface area contributed by atoms with Gasteiger partial charge in [-0.05, 0) is 40.3 Å². The second-order valence-corrected chi connectivity index (χ2v) is 5.90. The topological polar surface area (TPSA) is 59.1 Å². The standard InChI is InChI=1S/C14H29N5/c1-7-19-14(13(15)11(4)17-19)16-12(8-10(2)3)9-18(5)6/h10,12,16H,7-9,15H2,1-6H3. The highest BCUT2D eigenvalue weighted by Gasteiger charge is 2.17. The molecule has 5 heteroatoms. The molecule has 3 N–H and O–H groups in total. The van der Waals surface area contributed by atoms with Crippen molar-refractivity contribution in [2.24, 2.45) is 5.92 Å². The van der Waals surface area contributed by atoms with Gasteiger partial charge in [0.2, 0.25) is 0 Å². The van der Waals surface area contributed by atoms with Crippen LogP contribution in [0.15, 0.2) is 0 Å². The first-order chi connectivity index (χ1) is 8.85. The van der Waals surface area contributed by atoms with Crippen LogP contribution >= 0.6 is 0 Å². The van der Waals surface area contributed by atoms with Crippen molar-refractivity contribution in [3.8, 4) is 0 Å². The fourth-order valence-corrected chi connectivity index (χ4v) is 2.36. The lowest BCUT2D eigenvalue weighted by molar-refractivity contribution is 0.355. The summed E-state index contributed by atoms with van der Waals surface area (Å²) in [5.74, 6) is 1.62. The number of aryl methyl sites for hydroxylation is 2. The van der Waals surface area contributed by atoms with Crippen molar-refractivity contribution in [2.75, 3.05) is 31.7 Å². The lowest BCUT2D eigenvalue weighted by atomic mass is 10.0. The Hall–Kier alpha value is -1.23. The molecule has 5 nitrogen and oxygen atoms in total. The van der Waals surface area contributed by atoms with E-state index in [9.17, 15) is 0 Å². The average molecular weight is 267 g/mol. The molecular weight excluding hydrogens is 238 g/mol. The second-order valence-electron chi connectivity index (χ2n) is 5.90. The summed E-state index contributed by atoms with van der Waals surface area (Å²) in [6, 6.07) is 0.388. The maximum atomic E-state index is 6.13. The summed E-state index contributed by atoms with van der Waals surface area (Å²) >= 11 is 0. The molecule has 0 spiro atoms. The summed E-state index contributed by atoms with van der Waals surface area (Å²) in [5.41, 5.74) is 7.80. The summed E-state index contributed by atoms with van der Waals surface area (Å²) in [5, 5.41) is 8.04. The van der Waals surface area contributed by atoms with Crippen LogP contribution in [0.1, 0.15) is 32.9 Å². The minimum atomic E-state index is 0.388. The van der Waals surface area contributed by atoms with Gasteiger partial charge in [-0.3, -0.25) is 0 Å². The van der Waals surface area contributed by atoms with E-state index >= 15 is 0 Å². The molecule has 0 radical (unpaired) electrons. The Morgan fingerprint density at radius 3 is 2.47 bits per heavy atom. The number of anilines is 2. The molecule has 0 amide bonds. The van der Waals surface area contributed by atoms with Gasteiger partial charge in [0, 0.05) is 19.1 Å². The van der Waals surface area contributed by atoms with Gasteiger partial charge >= 0.3 is 0 Å². The first kappa shape index (κ1) is 15.8. The predicted octanol–water partition coefficient (Wildman–Crippen LogP) is 2.18. The molecule has 110 valence electrons. The third kappa shape index (κ3) is 4.42. The smallest absolute Gasteiger partial charge is 0.148 e. The quantitative estimate of drug-likeness (QED) is 0.795. The number of nitrogens with one attached hydrogen (secondary N) is 1. The zero-order valence-electron chi connectivity index (χ0n) is 13.2. The van der Waals surface area contributed by atoms with Crippen LogP contribution in [0, 0.1) is 12.8 Å². The molecule has 1 heterocycles. The van der Waals surface area contributed by atoms with Crippen LogP contribution in [0.5, 0.6) is 0 Å². The van der Waals surface area contributed by atoms with E-state index in [4.69, 9.17) is 5.73 Å². The Morgan fingerprint density at radius 1 is 1.37 bits per heavy atom. The van der Waals surface area contributed by atoms with Gasteiger partial charge < -0.3 is 16.0 Å². The zero-order chi connectivity index (χ0) is 14.6. The third-order valence-electron chi connectivity index (χ3n) is 3.16. The molecular formula is C14H29N5. The van der Waals surface area contributed by atoms with Crippen molar-refractivity contribution in [2.45, 2.75) is 46.7 Å². The van der Waals surface area contributed by atoms with Crippen molar-refractivity contribution in [3.63, 3.8) is 0 Å². The molecule has 0 aliphatic rings. The minimum absolute atomic E-state index is 0.388. The Bertz CT molecular complexity index is 385. The number of nitrogen functional groups attached to an aromatic ring is 1. The number of hydrogen-bond acceptors (Lipinski definition) is 4. The predicted molar refractivity (Wildman–Crippen MR) is 82.5 cm³/mol. The zero-order valence-corrected chi connectivity index (χ0v) is 13.2. The molecule has 0 fully saturated rings. The SMILES string of the molecule is CCn1nc(C)c(N)c1NC(CC(C)C)CN(C)C. The van der Waals surface area contributed by atoms with Crippen molar-refractivity contribution < 1.29 is 0 Å². The van der Waals surface area contributed by atoms with Gasteiger partial charge in [-0.1, -0.05) is 13.8 Å². The third-order valence-corrected chi connectivity index (χ3v) is 3.16. The lowest BCUT2D eigenvalue weighted by Crippen LogP contribution is -2.34. The fraction of sp³-hybridized carbons (Fsp3) is 0.786. The molecule has 0 aliphatic carbocycles. The Kier molecular flexibility index (Phi) is 5.66. The maximum Gasteiger partial charge on any atom is 0.148 e. The molecule has 0 aliphatic heterocycles. The van der Waals surface area contributed by atoms with Gasteiger partial charge in [0.05, 0.1) is 11.4 Å². The number of nitrogens with two attached hydrogens (primary N) is 1. The molecule has 1 aromatic rings. The van der Waals surface area contributed by atoms with E-state index in [0.29, 0.717) is 12.0 Å². The van der Waals surface area contributed by atoms with Gasteiger partial charge in [0.25, 0.3) is 0 Å². The van der Waals surface area contributed by atoms with Crippen molar-refractivity contribution in [1.82, 2.24) is 14.7 Å². The van der Waals surface area contributed by atoms with Crippen LogP contribution in [-0.2, 0) is 6.54 Å². The van der Waals surface area contributed by atoms with Crippen LogP contribution in [0.4, 0.5) is 11.5 Å². The van der Waals surface area contributed by atoms with E-state index in [0.717, 1.165) is 36.7 Å². The highest BCUT2D eigenvalue weighted by Crippen LogP contribution is 2.24. The van der Waals surface area contributed by atoms with Crippen molar-refractivity contribution >= 4 is 11.5 Å². The first-order valence-electron chi connectivity index (χ1n) is 7.09. The first-order valence-corrected chi connectivity index (χ1v) is 7.09. The van der Waals surface area contributed by atoms with E-state index in [2.05, 4.69) is 50.2 Å². The van der Waals surface area contributed by atoms with Crippen LogP contribution < -0.4 is 11.1 Å². The molecule has 0 saturated carbocycles. The summed E-state index contributed by atoms with van der Waals surface area (Å²) in [6.45, 7) is 10.4. The Labute approximate surface area is 117 Å². The molecule has 1 aromatic heterocycles. The maximum absolute atomic E-state index is 6.13. The van der Waals surface area contributed by atoms with Crippen molar-refractivity contribution in [3.05, 3.63) is 5.69 Å². The van der Waals surface area contributed by atoms with E-state index in [1.54, 1.807) is 0 Å². The van der Waals surface area contributed by atoms with Gasteiger partial charge in [-0.15, -0.1) is 0 Å². The number of hydrogen-bond donors (Lipinski definition) is 2. The van der Waals surface area contributed by atoms with Crippen LogP contribution in [0.25, 0.3) is 0 Å². The normalized spacial score (nSPS) is 13.3. The average Bonchev–Trinajstić information content (AvgIpc) is 2.55. The Balaban J connectivity index is 2.88. The number of rotatable bonds is 7. The van der Waals surface area contributed by atoms with E-state index in [-0.39, 0.29) is 0 Å². The molecule has 1 unspecified atom stereocenters. The van der Waals surface area contributed by atoms with Gasteiger partial charge in [-0.2, -0.15) is 5.10 Å². The van der Waals surface area contributed by atoms with Gasteiger partial charge in [0.1, 0.15) is 5.82 Å².